The molecular weight excluding hydrogens is 368 g/mol. The molecule has 1 aromatic heterocycles. The summed E-state index contributed by atoms with van der Waals surface area (Å²) in [5, 5.41) is 10.6. The first-order chi connectivity index (χ1) is 13.0. The molecule has 0 atom stereocenters. The highest BCUT2D eigenvalue weighted by atomic mass is 35.5. The van der Waals surface area contributed by atoms with Crippen molar-refractivity contribution < 1.29 is 19.4 Å². The molecule has 6 nitrogen and oxygen atoms in total. The number of aromatic nitrogens is 1. The predicted octanol–water partition coefficient (Wildman–Crippen LogP) is 4.27. The lowest BCUT2D eigenvalue weighted by Crippen LogP contribution is -2.13. The maximum absolute atomic E-state index is 12.2. The van der Waals surface area contributed by atoms with Gasteiger partial charge in [0.2, 0.25) is 0 Å². The highest BCUT2D eigenvalue weighted by Crippen LogP contribution is 2.37. The fourth-order valence-electron chi connectivity index (χ4n) is 2.87. The number of nitrogens with zero attached hydrogens (tertiary/aromatic N) is 1. The number of hydrogen-bond acceptors (Lipinski definition) is 5. The molecule has 0 aliphatic rings. The van der Waals surface area contributed by atoms with Crippen LogP contribution in [-0.2, 0) is 4.74 Å². The van der Waals surface area contributed by atoms with Crippen molar-refractivity contribution in [1.82, 2.24) is 4.57 Å². The summed E-state index contributed by atoms with van der Waals surface area (Å²) in [6.45, 7) is 1.95. The third kappa shape index (κ3) is 3.44. The molecule has 3 rings (SSSR count). The van der Waals surface area contributed by atoms with E-state index in [1.165, 1.54) is 17.7 Å². The molecule has 0 radical (unpaired) electrons. The fourth-order valence-corrected chi connectivity index (χ4v) is 3.17. The number of esters is 1. The van der Waals surface area contributed by atoms with Crippen LogP contribution in [0.1, 0.15) is 17.4 Å². The predicted molar refractivity (Wildman–Crippen MR) is 105 cm³/mol. The first-order valence-electron chi connectivity index (χ1n) is 8.28. The van der Waals surface area contributed by atoms with Gasteiger partial charge in [-0.1, -0.05) is 35.9 Å². The second-order valence-corrected chi connectivity index (χ2v) is 6.12. The van der Waals surface area contributed by atoms with E-state index in [0.717, 1.165) is 5.56 Å². The Morgan fingerprint density at radius 2 is 1.93 bits per heavy atom. The molecule has 1 heterocycles. The monoisotopic (exact) mass is 386 g/mol. The number of hydrogen-bond donors (Lipinski definition) is 2. The average Bonchev–Trinajstić information content (AvgIpc) is 2.96. The zero-order valence-electron chi connectivity index (χ0n) is 14.9. The molecule has 0 saturated heterocycles. The van der Waals surface area contributed by atoms with Gasteiger partial charge in [-0.3, -0.25) is 4.57 Å². The average molecular weight is 387 g/mol. The quantitative estimate of drug-likeness (QED) is 0.639. The van der Waals surface area contributed by atoms with E-state index in [9.17, 15) is 9.90 Å². The number of phenols is 1. The van der Waals surface area contributed by atoms with Gasteiger partial charge in [-0.05, 0) is 36.8 Å². The summed E-state index contributed by atoms with van der Waals surface area (Å²) in [7, 11) is 1.50. The topological polar surface area (TPSA) is 86.7 Å². The summed E-state index contributed by atoms with van der Waals surface area (Å²) in [4.78, 5) is 12.2. The molecule has 0 amide bonds. The Labute approximate surface area is 161 Å². The summed E-state index contributed by atoms with van der Waals surface area (Å²) < 4.78 is 11.8. The Bertz CT molecular complexity index is 980. The van der Waals surface area contributed by atoms with E-state index in [2.05, 4.69) is 0 Å². The minimum absolute atomic E-state index is 0.0585. The molecule has 7 heteroatoms. The number of ether oxygens (including phenoxy) is 2. The molecule has 3 aromatic rings. The van der Waals surface area contributed by atoms with Crippen molar-refractivity contribution in [3.8, 4) is 28.3 Å². The van der Waals surface area contributed by atoms with E-state index in [-0.39, 0.29) is 23.7 Å². The Kier molecular flexibility index (Phi) is 5.28. The zero-order chi connectivity index (χ0) is 19.6. The van der Waals surface area contributed by atoms with Crippen LogP contribution in [0.4, 0.5) is 5.69 Å². The normalized spacial score (nSPS) is 10.6. The van der Waals surface area contributed by atoms with Crippen LogP contribution in [0.5, 0.6) is 11.5 Å². The maximum Gasteiger partial charge on any atom is 0.357 e. The molecular formula is C20H19ClN2O4. The summed E-state index contributed by atoms with van der Waals surface area (Å²) in [6, 6.07) is 14.0. The summed E-state index contributed by atoms with van der Waals surface area (Å²) in [6.07, 6.45) is 0. The van der Waals surface area contributed by atoms with Crippen molar-refractivity contribution in [1.29, 1.82) is 0 Å². The van der Waals surface area contributed by atoms with Gasteiger partial charge in [-0.25, -0.2) is 4.79 Å². The second-order valence-electron chi connectivity index (χ2n) is 5.73. The molecule has 0 aliphatic carbocycles. The molecule has 2 aromatic carbocycles. The van der Waals surface area contributed by atoms with Crippen LogP contribution in [0.15, 0.2) is 48.5 Å². The van der Waals surface area contributed by atoms with Crippen LogP contribution in [0.3, 0.4) is 0 Å². The third-order valence-electron chi connectivity index (χ3n) is 4.11. The number of nitrogens with two attached hydrogens (primary N) is 1. The number of para-hydroxylation sites is 1. The van der Waals surface area contributed by atoms with Gasteiger partial charge in [-0.15, -0.1) is 0 Å². The van der Waals surface area contributed by atoms with Gasteiger partial charge in [0.15, 0.2) is 17.2 Å². The van der Waals surface area contributed by atoms with Crippen LogP contribution < -0.4 is 10.5 Å². The van der Waals surface area contributed by atoms with Crippen molar-refractivity contribution >= 4 is 23.3 Å². The molecule has 0 spiro atoms. The summed E-state index contributed by atoms with van der Waals surface area (Å²) >= 11 is 6.27. The van der Waals surface area contributed by atoms with Crippen LogP contribution in [-0.4, -0.2) is 29.4 Å². The molecule has 0 aliphatic heterocycles. The number of anilines is 1. The van der Waals surface area contributed by atoms with Crippen LogP contribution >= 0.6 is 11.6 Å². The fraction of sp³-hybridized carbons (Fsp3) is 0.150. The first kappa shape index (κ1) is 18.7. The van der Waals surface area contributed by atoms with E-state index >= 15 is 0 Å². The van der Waals surface area contributed by atoms with E-state index in [1.54, 1.807) is 37.3 Å². The molecule has 140 valence electrons. The van der Waals surface area contributed by atoms with E-state index in [1.807, 2.05) is 12.1 Å². The minimum Gasteiger partial charge on any atom is -0.504 e. The first-order valence-corrected chi connectivity index (χ1v) is 8.66. The van der Waals surface area contributed by atoms with Gasteiger partial charge in [0, 0.05) is 11.3 Å². The van der Waals surface area contributed by atoms with Crippen molar-refractivity contribution in [2.24, 2.45) is 0 Å². The molecule has 3 N–H and O–H groups in total. The van der Waals surface area contributed by atoms with Crippen molar-refractivity contribution in [3.05, 3.63) is 59.4 Å². The number of phenolic OH excluding ortho intramolecular Hbond substituents is 1. The maximum atomic E-state index is 12.2. The standard InChI is InChI=1S/C20H19ClN2O4/c1-3-27-20(25)18-15(22)11-17(21)23(18)13-9-7-12(8-10-13)14-5-4-6-16(26-2)19(14)24/h4-11,24H,3,22H2,1-2H3. The second kappa shape index (κ2) is 7.63. The highest BCUT2D eigenvalue weighted by molar-refractivity contribution is 6.30. The lowest BCUT2D eigenvalue weighted by Gasteiger charge is -2.12. The van der Waals surface area contributed by atoms with Crippen molar-refractivity contribution in [3.63, 3.8) is 0 Å². The zero-order valence-corrected chi connectivity index (χ0v) is 15.7. The van der Waals surface area contributed by atoms with Gasteiger partial charge in [0.1, 0.15) is 5.15 Å². The molecule has 27 heavy (non-hydrogen) atoms. The van der Waals surface area contributed by atoms with Gasteiger partial charge in [-0.2, -0.15) is 0 Å². The van der Waals surface area contributed by atoms with Crippen LogP contribution in [0, 0.1) is 0 Å². The number of aromatic hydroxyl groups is 1. The Hall–Kier alpha value is -3.12. The molecule has 0 unspecified atom stereocenters. The van der Waals surface area contributed by atoms with Gasteiger partial charge >= 0.3 is 5.97 Å². The number of methoxy groups -OCH3 is 1. The van der Waals surface area contributed by atoms with Gasteiger partial charge in [0.05, 0.1) is 19.4 Å². The van der Waals surface area contributed by atoms with Gasteiger partial charge in [0.25, 0.3) is 0 Å². The molecule has 0 bridgehead atoms. The van der Waals surface area contributed by atoms with Crippen LogP contribution in [0.2, 0.25) is 5.15 Å². The van der Waals surface area contributed by atoms with E-state index in [0.29, 0.717) is 22.2 Å². The number of rotatable bonds is 5. The lowest BCUT2D eigenvalue weighted by molar-refractivity contribution is 0.0518. The van der Waals surface area contributed by atoms with E-state index < -0.39 is 5.97 Å². The number of halogens is 1. The Morgan fingerprint density at radius 1 is 1.22 bits per heavy atom. The largest absolute Gasteiger partial charge is 0.504 e. The SMILES string of the molecule is CCOC(=O)c1c(N)cc(Cl)n1-c1ccc(-c2cccc(OC)c2O)cc1. The van der Waals surface area contributed by atoms with Gasteiger partial charge < -0.3 is 20.3 Å². The molecule has 0 saturated carbocycles. The lowest BCUT2D eigenvalue weighted by atomic mass is 10.0. The highest BCUT2D eigenvalue weighted by Gasteiger charge is 2.21. The van der Waals surface area contributed by atoms with E-state index in [4.69, 9.17) is 26.8 Å². The molecule has 0 fully saturated rings. The number of nitrogen functional groups attached to an aromatic ring is 1. The Balaban J connectivity index is 2.04. The van der Waals surface area contributed by atoms with Crippen molar-refractivity contribution in [2.45, 2.75) is 6.92 Å². The summed E-state index contributed by atoms with van der Waals surface area (Å²) in [5.74, 6) is -0.0954. The number of carbonyl (C=O) groups is 1. The van der Waals surface area contributed by atoms with Crippen molar-refractivity contribution in [2.75, 3.05) is 19.5 Å². The minimum atomic E-state index is -0.545. The smallest absolute Gasteiger partial charge is 0.357 e. The van der Waals surface area contributed by atoms with Crippen LogP contribution in [0.25, 0.3) is 16.8 Å². The Morgan fingerprint density at radius 3 is 2.56 bits per heavy atom. The third-order valence-corrected chi connectivity index (χ3v) is 4.39. The number of benzene rings is 2. The summed E-state index contributed by atoms with van der Waals surface area (Å²) in [5.41, 5.74) is 8.41. The number of carbonyl (C=O) groups excluding carboxylic acids is 1.